The minimum Gasteiger partial charge on any atom is -0.324 e. The number of carbonyl (C=O) groups is 1. The maximum Gasteiger partial charge on any atom is 0.185 e. The monoisotopic (exact) mass is 225 g/mol. The van der Waals surface area contributed by atoms with Crippen molar-refractivity contribution < 1.29 is 4.79 Å². The quantitative estimate of drug-likeness (QED) is 0.750. The zero-order chi connectivity index (χ0) is 12.3. The Morgan fingerprint density at radius 3 is 3.00 bits per heavy atom. The van der Waals surface area contributed by atoms with E-state index in [4.69, 9.17) is 5.26 Å². The molecule has 0 radical (unpaired) electrons. The van der Waals surface area contributed by atoms with Crippen molar-refractivity contribution in [1.82, 2.24) is 9.55 Å². The van der Waals surface area contributed by atoms with Crippen molar-refractivity contribution in [2.75, 3.05) is 0 Å². The van der Waals surface area contributed by atoms with Gasteiger partial charge in [-0.1, -0.05) is 6.07 Å². The summed E-state index contributed by atoms with van der Waals surface area (Å²) >= 11 is 0. The summed E-state index contributed by atoms with van der Waals surface area (Å²) in [6, 6.07) is 7.62. The second-order valence-electron chi connectivity index (χ2n) is 3.78. The molecule has 0 aliphatic rings. The summed E-state index contributed by atoms with van der Waals surface area (Å²) in [5.74, 6) is 0.411. The molecule has 0 spiro atoms. The molecule has 0 unspecified atom stereocenters. The molecule has 4 heteroatoms. The Balaban J connectivity index is 2.31. The summed E-state index contributed by atoms with van der Waals surface area (Å²) < 4.78 is 1.78. The van der Waals surface area contributed by atoms with Crippen LogP contribution in [0.5, 0.6) is 0 Å². The van der Waals surface area contributed by atoms with Crippen LogP contribution in [0.15, 0.2) is 30.6 Å². The molecule has 0 saturated carbocycles. The number of carbonyl (C=O) groups excluding carboxylic acids is 1. The van der Waals surface area contributed by atoms with Gasteiger partial charge in [-0.25, -0.2) is 4.98 Å². The van der Waals surface area contributed by atoms with E-state index in [1.54, 1.807) is 23.0 Å². The summed E-state index contributed by atoms with van der Waals surface area (Å²) in [6.45, 7) is 2.54. The van der Waals surface area contributed by atoms with Gasteiger partial charge in [-0.3, -0.25) is 4.79 Å². The Labute approximate surface area is 99.1 Å². The number of nitriles is 1. The van der Waals surface area contributed by atoms with E-state index in [2.05, 4.69) is 11.1 Å². The molecule has 1 heterocycles. The highest BCUT2D eigenvalue weighted by atomic mass is 16.1. The number of imidazole rings is 1. The molecule has 0 fully saturated rings. The highest BCUT2D eigenvalue weighted by molar-refractivity contribution is 5.69. The van der Waals surface area contributed by atoms with Crippen LogP contribution in [-0.2, 0) is 6.54 Å². The van der Waals surface area contributed by atoms with E-state index in [1.807, 2.05) is 19.1 Å². The fourth-order valence-electron chi connectivity index (χ4n) is 1.70. The Bertz CT molecular complexity index is 593. The van der Waals surface area contributed by atoms with Crippen molar-refractivity contribution in [3.05, 3.63) is 53.1 Å². The predicted molar refractivity (Wildman–Crippen MR) is 62.6 cm³/mol. The van der Waals surface area contributed by atoms with Gasteiger partial charge in [0.05, 0.1) is 11.6 Å². The third-order valence-electron chi connectivity index (χ3n) is 2.67. The molecule has 0 amide bonds. The molecule has 17 heavy (non-hydrogen) atoms. The molecule has 0 saturated heterocycles. The number of benzene rings is 1. The Morgan fingerprint density at radius 2 is 2.35 bits per heavy atom. The van der Waals surface area contributed by atoms with Crippen LogP contribution in [-0.4, -0.2) is 15.8 Å². The fraction of sp³-hybridized carbons (Fsp3) is 0.154. The lowest BCUT2D eigenvalue weighted by molar-refractivity contribution is 0.111. The van der Waals surface area contributed by atoms with Crippen molar-refractivity contribution >= 4 is 6.29 Å². The molecule has 1 aromatic heterocycles. The fourth-order valence-corrected chi connectivity index (χ4v) is 1.70. The molecule has 0 aliphatic carbocycles. The molecule has 0 atom stereocenters. The van der Waals surface area contributed by atoms with Crippen molar-refractivity contribution in [3.63, 3.8) is 0 Å². The number of aryl methyl sites for hydroxylation is 1. The van der Waals surface area contributed by atoms with E-state index in [-0.39, 0.29) is 0 Å². The number of aldehydes is 1. The minimum atomic E-state index is 0.411. The zero-order valence-corrected chi connectivity index (χ0v) is 9.42. The molecule has 2 aromatic rings. The Hall–Kier alpha value is -2.41. The molecule has 0 aliphatic heterocycles. The normalized spacial score (nSPS) is 9.88. The van der Waals surface area contributed by atoms with Gasteiger partial charge in [-0.2, -0.15) is 5.26 Å². The van der Waals surface area contributed by atoms with Gasteiger partial charge in [-0.15, -0.1) is 0 Å². The van der Waals surface area contributed by atoms with Crippen molar-refractivity contribution in [3.8, 4) is 6.07 Å². The number of aromatic nitrogens is 2. The third kappa shape index (κ3) is 2.23. The highest BCUT2D eigenvalue weighted by Crippen LogP contribution is 2.12. The first-order chi connectivity index (χ1) is 8.24. The predicted octanol–water partition coefficient (Wildman–Crippen LogP) is 1.92. The number of rotatable bonds is 3. The van der Waals surface area contributed by atoms with E-state index in [0.29, 0.717) is 17.9 Å². The summed E-state index contributed by atoms with van der Waals surface area (Å²) in [5, 5.41) is 8.78. The largest absolute Gasteiger partial charge is 0.324 e. The Kier molecular flexibility index (Phi) is 3.01. The average Bonchev–Trinajstić information content (AvgIpc) is 2.79. The van der Waals surface area contributed by atoms with Crippen LogP contribution >= 0.6 is 0 Å². The van der Waals surface area contributed by atoms with Gasteiger partial charge in [0.2, 0.25) is 0 Å². The number of hydrogen-bond donors (Lipinski definition) is 0. The van der Waals surface area contributed by atoms with Gasteiger partial charge >= 0.3 is 0 Å². The highest BCUT2D eigenvalue weighted by Gasteiger charge is 2.04. The van der Waals surface area contributed by atoms with Crippen LogP contribution in [0, 0.1) is 18.3 Å². The van der Waals surface area contributed by atoms with Crippen molar-refractivity contribution in [2.45, 2.75) is 13.5 Å². The van der Waals surface area contributed by atoms with Crippen LogP contribution in [0.1, 0.15) is 27.3 Å². The first kappa shape index (κ1) is 11.1. The molecule has 0 bridgehead atoms. The topological polar surface area (TPSA) is 58.7 Å². The summed E-state index contributed by atoms with van der Waals surface area (Å²) in [5.41, 5.74) is 2.76. The van der Waals surface area contributed by atoms with E-state index < -0.39 is 0 Å². The van der Waals surface area contributed by atoms with Crippen LogP contribution < -0.4 is 0 Å². The van der Waals surface area contributed by atoms with Gasteiger partial charge in [-0.05, 0) is 30.2 Å². The van der Waals surface area contributed by atoms with E-state index in [0.717, 1.165) is 17.4 Å². The molecule has 1 aromatic carbocycles. The maximum absolute atomic E-state index is 10.7. The van der Waals surface area contributed by atoms with Crippen LogP contribution in [0.4, 0.5) is 0 Å². The summed E-state index contributed by atoms with van der Waals surface area (Å²) in [6.07, 6.45) is 4.10. The number of hydrogen-bond acceptors (Lipinski definition) is 3. The van der Waals surface area contributed by atoms with Crippen LogP contribution in [0.25, 0.3) is 0 Å². The lowest BCUT2D eigenvalue weighted by Crippen LogP contribution is -2.04. The molecular formula is C13H11N3O. The lowest BCUT2D eigenvalue weighted by atomic mass is 10.1. The second kappa shape index (κ2) is 4.62. The van der Waals surface area contributed by atoms with Gasteiger partial charge < -0.3 is 4.57 Å². The standard InChI is InChI=1S/C13H11N3O/c1-10-6-11(7-14)2-3-12(10)8-16-5-4-15-13(16)9-17/h2-6,9H,8H2,1H3. The molecule has 0 N–H and O–H groups in total. The third-order valence-corrected chi connectivity index (χ3v) is 2.67. The SMILES string of the molecule is Cc1cc(C#N)ccc1Cn1ccnc1C=O. The first-order valence-corrected chi connectivity index (χ1v) is 5.20. The lowest BCUT2D eigenvalue weighted by Gasteiger charge is -2.08. The molecule has 84 valence electrons. The van der Waals surface area contributed by atoms with Gasteiger partial charge in [0.25, 0.3) is 0 Å². The summed E-state index contributed by atoms with van der Waals surface area (Å²) in [4.78, 5) is 14.7. The molecule has 4 nitrogen and oxygen atoms in total. The molecule has 2 rings (SSSR count). The van der Waals surface area contributed by atoms with E-state index in [1.165, 1.54) is 0 Å². The smallest absolute Gasteiger partial charge is 0.185 e. The van der Waals surface area contributed by atoms with Gasteiger partial charge in [0.1, 0.15) is 0 Å². The van der Waals surface area contributed by atoms with E-state index >= 15 is 0 Å². The van der Waals surface area contributed by atoms with Crippen LogP contribution in [0.3, 0.4) is 0 Å². The maximum atomic E-state index is 10.7. The summed E-state index contributed by atoms with van der Waals surface area (Å²) in [7, 11) is 0. The first-order valence-electron chi connectivity index (χ1n) is 5.20. The Morgan fingerprint density at radius 1 is 1.53 bits per heavy atom. The van der Waals surface area contributed by atoms with Gasteiger partial charge in [0, 0.05) is 18.9 Å². The second-order valence-corrected chi connectivity index (χ2v) is 3.78. The minimum absolute atomic E-state index is 0.411. The van der Waals surface area contributed by atoms with Crippen molar-refractivity contribution in [1.29, 1.82) is 5.26 Å². The zero-order valence-electron chi connectivity index (χ0n) is 9.42. The average molecular weight is 225 g/mol. The van der Waals surface area contributed by atoms with Crippen LogP contribution in [0.2, 0.25) is 0 Å². The number of nitrogens with zero attached hydrogens (tertiary/aromatic N) is 3. The molecular weight excluding hydrogens is 214 g/mol. The van der Waals surface area contributed by atoms with E-state index in [9.17, 15) is 4.79 Å². The van der Waals surface area contributed by atoms with Crippen molar-refractivity contribution in [2.24, 2.45) is 0 Å². The van der Waals surface area contributed by atoms with Gasteiger partial charge in [0.15, 0.2) is 12.1 Å².